The number of rotatable bonds is 2. The molecule has 1 aromatic carbocycles. The van der Waals surface area contributed by atoms with Crippen LogP contribution in [0.25, 0.3) is 0 Å². The third-order valence-electron chi connectivity index (χ3n) is 1.96. The highest BCUT2D eigenvalue weighted by atomic mass is 127. The number of hydrogen-bond acceptors (Lipinski definition) is 1. The van der Waals surface area contributed by atoms with Gasteiger partial charge < -0.3 is 0 Å². The first-order chi connectivity index (χ1) is 7.25. The lowest BCUT2D eigenvalue weighted by Gasteiger charge is -2.16. The van der Waals surface area contributed by atoms with E-state index in [9.17, 15) is 18.0 Å². The van der Waals surface area contributed by atoms with Gasteiger partial charge in [-0.05, 0) is 41.1 Å². The topological polar surface area (TPSA) is 17.1 Å². The van der Waals surface area contributed by atoms with Gasteiger partial charge in [-0.1, -0.05) is 28.1 Å². The fourth-order valence-corrected chi connectivity index (χ4v) is 2.48. The van der Waals surface area contributed by atoms with Crippen molar-refractivity contribution in [2.24, 2.45) is 0 Å². The molecule has 0 saturated heterocycles. The molecule has 0 aliphatic heterocycles. The Morgan fingerprint density at radius 2 is 2.00 bits per heavy atom. The van der Waals surface area contributed by atoms with Gasteiger partial charge in [0.05, 0.1) is 10.4 Å². The number of hydrogen-bond donors (Lipinski definition) is 0. The van der Waals surface area contributed by atoms with Crippen molar-refractivity contribution >= 4 is 44.3 Å². The molecule has 1 rings (SSSR count). The van der Waals surface area contributed by atoms with Crippen LogP contribution >= 0.6 is 38.5 Å². The average Bonchev–Trinajstić information content (AvgIpc) is 2.14. The van der Waals surface area contributed by atoms with Crippen LogP contribution in [0.1, 0.15) is 22.9 Å². The molecular formula is C10H7BrF3IO. The Kier molecular flexibility index (Phi) is 4.39. The molecule has 0 heterocycles. The van der Waals surface area contributed by atoms with Crippen LogP contribution in [0.4, 0.5) is 13.2 Å². The van der Waals surface area contributed by atoms with E-state index in [1.807, 2.05) is 0 Å². The number of ketones is 1. The summed E-state index contributed by atoms with van der Waals surface area (Å²) in [6, 6.07) is 4.18. The van der Waals surface area contributed by atoms with Crippen LogP contribution in [-0.2, 0) is 11.0 Å². The zero-order valence-corrected chi connectivity index (χ0v) is 11.9. The van der Waals surface area contributed by atoms with Crippen LogP contribution in [0.15, 0.2) is 18.2 Å². The number of carbonyl (C=O) groups is 1. The largest absolute Gasteiger partial charge is 0.417 e. The van der Waals surface area contributed by atoms with E-state index in [4.69, 9.17) is 0 Å². The molecule has 1 aromatic rings. The molecule has 0 bridgehead atoms. The first-order valence-electron chi connectivity index (χ1n) is 4.25. The third kappa shape index (κ3) is 2.97. The summed E-state index contributed by atoms with van der Waals surface area (Å²) in [4.78, 5) is 10.2. The fourth-order valence-electron chi connectivity index (χ4n) is 1.27. The third-order valence-corrected chi connectivity index (χ3v) is 4.00. The Hall–Kier alpha value is -0.110. The van der Waals surface area contributed by atoms with Gasteiger partial charge in [-0.3, -0.25) is 4.79 Å². The summed E-state index contributed by atoms with van der Waals surface area (Å²) in [6.07, 6.45) is -4.45. The molecule has 0 amide bonds. The normalized spacial score (nSPS) is 13.6. The molecule has 88 valence electrons. The van der Waals surface area contributed by atoms with Crippen molar-refractivity contribution in [1.29, 1.82) is 0 Å². The minimum atomic E-state index is -4.45. The van der Waals surface area contributed by atoms with Crippen molar-refractivity contribution in [1.82, 2.24) is 0 Å². The Bertz CT molecular complexity index is 417. The van der Waals surface area contributed by atoms with Crippen molar-refractivity contribution in [2.45, 2.75) is 17.9 Å². The van der Waals surface area contributed by atoms with Gasteiger partial charge in [0.1, 0.15) is 5.78 Å². The predicted octanol–water partition coefficient (Wildman–Crippen LogP) is 4.34. The summed E-state index contributed by atoms with van der Waals surface area (Å²) in [6.45, 7) is 1.25. The quantitative estimate of drug-likeness (QED) is 0.527. The lowest BCUT2D eigenvalue weighted by atomic mass is 10.0. The fraction of sp³-hybridized carbons (Fsp3) is 0.300. The molecule has 0 saturated carbocycles. The van der Waals surface area contributed by atoms with Crippen molar-refractivity contribution < 1.29 is 18.0 Å². The average molecular weight is 407 g/mol. The smallest absolute Gasteiger partial charge is 0.298 e. The highest BCUT2D eigenvalue weighted by Crippen LogP contribution is 2.40. The Labute approximate surface area is 113 Å². The second-order valence-electron chi connectivity index (χ2n) is 3.18. The molecular weight excluding hydrogens is 400 g/mol. The zero-order chi connectivity index (χ0) is 12.5. The molecule has 1 atom stereocenters. The molecule has 6 heteroatoms. The highest BCUT2D eigenvalue weighted by Gasteiger charge is 2.37. The van der Waals surface area contributed by atoms with Gasteiger partial charge in [-0.15, -0.1) is 0 Å². The molecule has 0 spiro atoms. The minimum Gasteiger partial charge on any atom is -0.298 e. The summed E-state index contributed by atoms with van der Waals surface area (Å²) in [5.41, 5.74) is -0.778. The summed E-state index contributed by atoms with van der Waals surface area (Å²) in [5, 5.41) is 0. The molecule has 16 heavy (non-hydrogen) atoms. The lowest BCUT2D eigenvalue weighted by molar-refractivity contribution is -0.139. The van der Waals surface area contributed by atoms with Gasteiger partial charge in [0.25, 0.3) is 0 Å². The zero-order valence-electron chi connectivity index (χ0n) is 8.11. The van der Waals surface area contributed by atoms with Crippen LogP contribution < -0.4 is 0 Å². The summed E-state index contributed by atoms with van der Waals surface area (Å²) in [5.74, 6) is -0.354. The van der Waals surface area contributed by atoms with E-state index in [1.54, 1.807) is 22.6 Å². The first kappa shape index (κ1) is 14.0. The van der Waals surface area contributed by atoms with Crippen molar-refractivity contribution in [3.8, 4) is 0 Å². The monoisotopic (exact) mass is 406 g/mol. The molecule has 0 aliphatic rings. The summed E-state index contributed by atoms with van der Waals surface area (Å²) < 4.78 is 38.5. The minimum absolute atomic E-state index is 0.0353. The van der Waals surface area contributed by atoms with Gasteiger partial charge in [0.2, 0.25) is 0 Å². The molecule has 0 N–H and O–H groups in total. The van der Waals surface area contributed by atoms with E-state index in [0.29, 0.717) is 0 Å². The Morgan fingerprint density at radius 1 is 1.44 bits per heavy atom. The molecule has 0 aromatic heterocycles. The van der Waals surface area contributed by atoms with E-state index in [0.717, 1.165) is 0 Å². The van der Waals surface area contributed by atoms with E-state index in [2.05, 4.69) is 15.9 Å². The van der Waals surface area contributed by atoms with Crippen molar-refractivity contribution in [3.05, 3.63) is 32.9 Å². The van der Waals surface area contributed by atoms with E-state index in [-0.39, 0.29) is 14.9 Å². The van der Waals surface area contributed by atoms with Gasteiger partial charge in [0.15, 0.2) is 0 Å². The Balaban J connectivity index is 3.40. The maximum atomic E-state index is 12.8. The van der Waals surface area contributed by atoms with Crippen LogP contribution in [0.3, 0.4) is 0 Å². The molecule has 1 unspecified atom stereocenters. The predicted molar refractivity (Wildman–Crippen MR) is 66.5 cm³/mol. The van der Waals surface area contributed by atoms with E-state index in [1.165, 1.54) is 25.1 Å². The van der Waals surface area contributed by atoms with Crippen LogP contribution in [0.2, 0.25) is 0 Å². The number of halogens is 5. The molecule has 1 nitrogen and oxygen atoms in total. The first-order valence-corrected chi connectivity index (χ1v) is 6.24. The van der Waals surface area contributed by atoms with Crippen LogP contribution in [0.5, 0.6) is 0 Å². The number of Topliss-reactive ketones (excluding diaryl/α,β-unsaturated/α-hetero) is 1. The molecule has 0 aliphatic carbocycles. The second kappa shape index (κ2) is 5.03. The molecule has 0 radical (unpaired) electrons. The van der Waals surface area contributed by atoms with Crippen LogP contribution in [0, 0.1) is 3.57 Å². The van der Waals surface area contributed by atoms with Gasteiger partial charge in [0, 0.05) is 3.57 Å². The Morgan fingerprint density at radius 3 is 2.44 bits per heavy atom. The van der Waals surface area contributed by atoms with Gasteiger partial charge in [-0.2, -0.15) is 13.2 Å². The molecule has 0 fully saturated rings. The lowest BCUT2D eigenvalue weighted by Crippen LogP contribution is -2.14. The van der Waals surface area contributed by atoms with Gasteiger partial charge in [-0.25, -0.2) is 0 Å². The number of benzene rings is 1. The van der Waals surface area contributed by atoms with E-state index >= 15 is 0 Å². The number of alkyl halides is 4. The maximum Gasteiger partial charge on any atom is 0.417 e. The number of carbonyl (C=O) groups excluding carboxylic acids is 1. The highest BCUT2D eigenvalue weighted by molar-refractivity contribution is 14.1. The summed E-state index contributed by atoms with van der Waals surface area (Å²) >= 11 is 4.59. The standard InChI is InChI=1S/C10H7BrF3IO/c1-5(16)9(11)6-3-2-4-7(15)8(6)10(12,13)14/h2-4,9H,1H3. The van der Waals surface area contributed by atoms with Gasteiger partial charge >= 0.3 is 6.18 Å². The maximum absolute atomic E-state index is 12.8. The van der Waals surface area contributed by atoms with Crippen molar-refractivity contribution in [3.63, 3.8) is 0 Å². The van der Waals surface area contributed by atoms with Crippen molar-refractivity contribution in [2.75, 3.05) is 0 Å². The summed E-state index contributed by atoms with van der Waals surface area (Å²) in [7, 11) is 0. The van der Waals surface area contributed by atoms with Crippen LogP contribution in [-0.4, -0.2) is 5.78 Å². The SMILES string of the molecule is CC(=O)C(Br)c1cccc(I)c1C(F)(F)F. The second-order valence-corrected chi connectivity index (χ2v) is 5.25. The van der Waals surface area contributed by atoms with E-state index < -0.39 is 16.6 Å².